The first-order chi connectivity index (χ1) is 13.2. The summed E-state index contributed by atoms with van der Waals surface area (Å²) >= 11 is 0. The van der Waals surface area contributed by atoms with Crippen molar-refractivity contribution in [2.45, 2.75) is 31.3 Å². The fourth-order valence-corrected chi connectivity index (χ4v) is 3.66. The summed E-state index contributed by atoms with van der Waals surface area (Å²) in [5.41, 5.74) is 6.06. The lowest BCUT2D eigenvalue weighted by molar-refractivity contribution is -0.119. The van der Waals surface area contributed by atoms with Crippen molar-refractivity contribution in [3.8, 4) is 5.75 Å². The largest absolute Gasteiger partial charge is 0.484 e. The van der Waals surface area contributed by atoms with Crippen molar-refractivity contribution in [2.75, 3.05) is 6.61 Å². The van der Waals surface area contributed by atoms with E-state index in [0.717, 1.165) is 0 Å². The van der Waals surface area contributed by atoms with Crippen molar-refractivity contribution in [3.05, 3.63) is 59.7 Å². The van der Waals surface area contributed by atoms with E-state index in [9.17, 15) is 18.0 Å². The Kier molecular flexibility index (Phi) is 7.13. The highest BCUT2D eigenvalue weighted by Gasteiger charge is 2.15. The third-order valence-electron chi connectivity index (χ3n) is 3.55. The average molecular weight is 405 g/mol. The van der Waals surface area contributed by atoms with Crippen LogP contribution in [-0.2, 0) is 21.4 Å². The Balaban J connectivity index is 1.99. The van der Waals surface area contributed by atoms with Gasteiger partial charge in [0.15, 0.2) is 6.61 Å². The van der Waals surface area contributed by atoms with E-state index < -0.39 is 15.9 Å². The second kappa shape index (κ2) is 9.34. The van der Waals surface area contributed by atoms with Gasteiger partial charge in [-0.05, 0) is 55.8 Å². The number of carbonyl (C=O) groups excluding carboxylic acids is 2. The fourth-order valence-electron chi connectivity index (χ4n) is 2.34. The first-order valence-electron chi connectivity index (χ1n) is 8.58. The highest BCUT2D eigenvalue weighted by Crippen LogP contribution is 2.14. The molecule has 0 aromatic heterocycles. The van der Waals surface area contributed by atoms with Crippen LogP contribution in [0, 0.1) is 0 Å². The Bertz CT molecular complexity index is 940. The van der Waals surface area contributed by atoms with E-state index in [1.807, 2.05) is 0 Å². The van der Waals surface area contributed by atoms with Crippen LogP contribution in [0.3, 0.4) is 0 Å². The van der Waals surface area contributed by atoms with Crippen LogP contribution < -0.4 is 20.5 Å². The van der Waals surface area contributed by atoms with Gasteiger partial charge >= 0.3 is 0 Å². The Labute approximate surface area is 164 Å². The van der Waals surface area contributed by atoms with Crippen LogP contribution in [0.4, 0.5) is 0 Å². The third-order valence-corrected chi connectivity index (χ3v) is 5.21. The first-order valence-corrected chi connectivity index (χ1v) is 10.1. The van der Waals surface area contributed by atoms with Gasteiger partial charge < -0.3 is 15.8 Å². The van der Waals surface area contributed by atoms with E-state index in [-0.39, 0.29) is 30.0 Å². The molecule has 0 aliphatic heterocycles. The van der Waals surface area contributed by atoms with Gasteiger partial charge in [-0.2, -0.15) is 0 Å². The fraction of sp³-hybridized carbons (Fsp3) is 0.263. The summed E-state index contributed by atoms with van der Waals surface area (Å²) in [5, 5.41) is 2.74. The zero-order valence-corrected chi connectivity index (χ0v) is 16.5. The molecule has 8 nitrogen and oxygen atoms in total. The second-order valence-electron chi connectivity index (χ2n) is 6.39. The quantitative estimate of drug-likeness (QED) is 0.577. The minimum Gasteiger partial charge on any atom is -0.484 e. The highest BCUT2D eigenvalue weighted by atomic mass is 32.2. The molecule has 0 spiro atoms. The summed E-state index contributed by atoms with van der Waals surface area (Å²) < 4.78 is 32.1. The van der Waals surface area contributed by atoms with E-state index in [0.29, 0.717) is 16.9 Å². The van der Waals surface area contributed by atoms with Gasteiger partial charge in [-0.1, -0.05) is 12.1 Å². The van der Waals surface area contributed by atoms with Crippen molar-refractivity contribution in [3.63, 3.8) is 0 Å². The molecule has 0 saturated heterocycles. The van der Waals surface area contributed by atoms with Gasteiger partial charge in [0.25, 0.3) is 11.8 Å². The average Bonchev–Trinajstić information content (AvgIpc) is 2.64. The normalized spacial score (nSPS) is 11.2. The molecule has 0 unspecified atom stereocenters. The third kappa shape index (κ3) is 6.36. The molecule has 9 heteroatoms. The molecule has 0 radical (unpaired) electrons. The van der Waals surface area contributed by atoms with Gasteiger partial charge in [0.05, 0.1) is 4.90 Å². The van der Waals surface area contributed by atoms with Crippen LogP contribution in [0.25, 0.3) is 0 Å². The summed E-state index contributed by atoms with van der Waals surface area (Å²) in [4.78, 5) is 23.1. The van der Waals surface area contributed by atoms with Gasteiger partial charge in [0.1, 0.15) is 5.75 Å². The predicted molar refractivity (Wildman–Crippen MR) is 104 cm³/mol. The molecular weight excluding hydrogens is 382 g/mol. The number of nitrogens with two attached hydrogens (primary N) is 1. The molecule has 0 saturated carbocycles. The molecule has 2 rings (SSSR count). The van der Waals surface area contributed by atoms with Crippen molar-refractivity contribution < 1.29 is 22.7 Å². The summed E-state index contributed by atoms with van der Waals surface area (Å²) in [6.07, 6.45) is 0. The summed E-state index contributed by atoms with van der Waals surface area (Å²) in [6.45, 7) is 3.41. The van der Waals surface area contributed by atoms with Crippen LogP contribution in [0.1, 0.15) is 29.8 Å². The van der Waals surface area contributed by atoms with E-state index in [4.69, 9.17) is 10.5 Å². The number of hydrogen-bond acceptors (Lipinski definition) is 5. The number of rotatable bonds is 9. The van der Waals surface area contributed by atoms with Gasteiger partial charge in [0, 0.05) is 18.2 Å². The molecule has 4 N–H and O–H groups in total. The molecule has 0 aliphatic rings. The van der Waals surface area contributed by atoms with Gasteiger partial charge in [-0.3, -0.25) is 9.59 Å². The molecule has 28 heavy (non-hydrogen) atoms. The first kappa shape index (κ1) is 21.4. The molecule has 2 aromatic carbocycles. The van der Waals surface area contributed by atoms with E-state index in [1.54, 1.807) is 50.2 Å². The molecule has 2 amide bonds. The predicted octanol–water partition coefficient (Wildman–Crippen LogP) is 1.17. The lowest BCUT2D eigenvalue weighted by Gasteiger charge is -2.11. The van der Waals surface area contributed by atoms with Crippen molar-refractivity contribution in [2.24, 2.45) is 5.73 Å². The monoisotopic (exact) mass is 405 g/mol. The summed E-state index contributed by atoms with van der Waals surface area (Å²) in [6, 6.07) is 12.4. The van der Waals surface area contributed by atoms with Gasteiger partial charge in [-0.15, -0.1) is 0 Å². The molecule has 0 aliphatic carbocycles. The van der Waals surface area contributed by atoms with Crippen molar-refractivity contribution in [1.82, 2.24) is 10.0 Å². The number of hydrogen-bond donors (Lipinski definition) is 3. The van der Waals surface area contributed by atoms with Crippen LogP contribution in [0.15, 0.2) is 53.4 Å². The maximum Gasteiger partial charge on any atom is 0.255 e. The Morgan fingerprint density at radius 3 is 2.39 bits per heavy atom. The lowest BCUT2D eigenvalue weighted by atomic mass is 10.2. The van der Waals surface area contributed by atoms with Crippen LogP contribution in [0.5, 0.6) is 5.75 Å². The van der Waals surface area contributed by atoms with Crippen molar-refractivity contribution >= 4 is 21.8 Å². The smallest absolute Gasteiger partial charge is 0.255 e. The molecule has 0 heterocycles. The van der Waals surface area contributed by atoms with E-state index in [1.165, 1.54) is 12.1 Å². The number of benzene rings is 2. The molecule has 150 valence electrons. The zero-order chi connectivity index (χ0) is 20.7. The standard InChI is InChI=1S/C19H23N3O5S/c1-13(2)22-28(25,26)17-5-3-4-14(10-17)11-21-19(24)15-6-8-16(9-7-15)27-12-18(20)23/h3-10,13,22H,11-12H2,1-2H3,(H2,20,23)(H,21,24). The number of amides is 2. The van der Waals surface area contributed by atoms with E-state index in [2.05, 4.69) is 10.0 Å². The Morgan fingerprint density at radius 2 is 1.79 bits per heavy atom. The minimum atomic E-state index is -3.60. The number of carbonyl (C=O) groups is 2. The maximum atomic E-state index is 12.3. The Morgan fingerprint density at radius 1 is 1.11 bits per heavy atom. The SMILES string of the molecule is CC(C)NS(=O)(=O)c1cccc(CNC(=O)c2ccc(OCC(N)=O)cc2)c1. The molecular formula is C19H23N3O5S. The molecule has 2 aromatic rings. The number of ether oxygens (including phenoxy) is 1. The van der Waals surface area contributed by atoms with Crippen LogP contribution in [0.2, 0.25) is 0 Å². The zero-order valence-electron chi connectivity index (χ0n) is 15.6. The van der Waals surface area contributed by atoms with Gasteiger partial charge in [0.2, 0.25) is 10.0 Å². The Hall–Kier alpha value is -2.91. The van der Waals surface area contributed by atoms with Crippen LogP contribution >= 0.6 is 0 Å². The van der Waals surface area contributed by atoms with Crippen molar-refractivity contribution in [1.29, 1.82) is 0 Å². The summed E-state index contributed by atoms with van der Waals surface area (Å²) in [5.74, 6) is -0.490. The topological polar surface area (TPSA) is 128 Å². The second-order valence-corrected chi connectivity index (χ2v) is 8.10. The maximum absolute atomic E-state index is 12.3. The minimum absolute atomic E-state index is 0.143. The number of sulfonamides is 1. The number of primary amides is 1. The van der Waals surface area contributed by atoms with E-state index >= 15 is 0 Å². The van der Waals surface area contributed by atoms with Crippen LogP contribution in [-0.4, -0.2) is 32.9 Å². The van der Waals surface area contributed by atoms with Gasteiger partial charge in [-0.25, -0.2) is 13.1 Å². The lowest BCUT2D eigenvalue weighted by Crippen LogP contribution is -2.30. The summed E-state index contributed by atoms with van der Waals surface area (Å²) in [7, 11) is -3.60. The molecule has 0 atom stereocenters. The number of nitrogens with one attached hydrogen (secondary N) is 2. The molecule has 0 bridgehead atoms. The highest BCUT2D eigenvalue weighted by molar-refractivity contribution is 7.89. The molecule has 0 fully saturated rings.